The number of carbonyl (C=O) groups is 1. The highest BCUT2D eigenvalue weighted by molar-refractivity contribution is 5.83. The monoisotopic (exact) mass is 228 g/mol. The first-order valence-electron chi connectivity index (χ1n) is 6.07. The number of carbonyl (C=O) groups excluding carboxylic acids is 1. The van der Waals surface area contributed by atoms with Gasteiger partial charge in [0.1, 0.15) is 0 Å². The fourth-order valence-corrected chi connectivity index (χ4v) is 2.53. The first-order chi connectivity index (χ1) is 7.40. The molecule has 1 atom stereocenters. The predicted octanol–water partition coefficient (Wildman–Crippen LogP) is 0.746. The molecule has 1 rings (SSSR count). The van der Waals surface area contributed by atoms with Crippen molar-refractivity contribution < 1.29 is 9.90 Å². The topological polar surface area (TPSA) is 52.6 Å². The summed E-state index contributed by atoms with van der Waals surface area (Å²) in [7, 11) is 0. The van der Waals surface area contributed by atoms with Crippen molar-refractivity contribution in [3.8, 4) is 0 Å². The molecule has 2 N–H and O–H groups in total. The maximum absolute atomic E-state index is 12.3. The van der Waals surface area contributed by atoms with Gasteiger partial charge < -0.3 is 15.3 Å². The van der Waals surface area contributed by atoms with Crippen LogP contribution in [0.25, 0.3) is 0 Å². The molecule has 1 aliphatic rings. The summed E-state index contributed by atoms with van der Waals surface area (Å²) in [6.07, 6.45) is 1.44. The summed E-state index contributed by atoms with van der Waals surface area (Å²) in [5.41, 5.74) is -0.109. The molecule has 1 amide bonds. The Labute approximate surface area is 98.0 Å². The Morgan fingerprint density at radius 1 is 1.56 bits per heavy atom. The number of nitrogens with zero attached hydrogens (tertiary/aromatic N) is 1. The summed E-state index contributed by atoms with van der Waals surface area (Å²) in [6, 6.07) is -0.0298. The highest BCUT2D eigenvalue weighted by Crippen LogP contribution is 2.25. The molecule has 94 valence electrons. The van der Waals surface area contributed by atoms with Crippen LogP contribution in [-0.2, 0) is 4.79 Å². The maximum atomic E-state index is 12.3. The molecule has 0 radical (unpaired) electrons. The van der Waals surface area contributed by atoms with Gasteiger partial charge in [-0.05, 0) is 47.1 Å². The molecule has 0 aromatic rings. The lowest BCUT2D eigenvalue weighted by atomic mass is 9.96. The Morgan fingerprint density at radius 2 is 2.19 bits per heavy atom. The fraction of sp³-hybridized carbons (Fsp3) is 0.917. The zero-order valence-electron chi connectivity index (χ0n) is 10.8. The summed E-state index contributed by atoms with van der Waals surface area (Å²) >= 11 is 0. The van der Waals surface area contributed by atoms with Crippen molar-refractivity contribution in [3.63, 3.8) is 0 Å². The van der Waals surface area contributed by atoms with Gasteiger partial charge in [-0.3, -0.25) is 4.79 Å². The molecule has 4 nitrogen and oxygen atoms in total. The summed E-state index contributed by atoms with van der Waals surface area (Å²) in [5, 5.41) is 12.2. The average molecular weight is 228 g/mol. The van der Waals surface area contributed by atoms with E-state index in [1.165, 1.54) is 0 Å². The van der Waals surface area contributed by atoms with E-state index < -0.39 is 0 Å². The van der Waals surface area contributed by atoms with Crippen molar-refractivity contribution in [1.82, 2.24) is 10.2 Å². The molecule has 1 saturated heterocycles. The summed E-state index contributed by atoms with van der Waals surface area (Å²) in [6.45, 7) is 9.17. The second kappa shape index (κ2) is 5.15. The smallest absolute Gasteiger partial charge is 0.240 e. The number of rotatable bonds is 3. The molecule has 1 aliphatic heterocycles. The van der Waals surface area contributed by atoms with Crippen LogP contribution in [0.3, 0.4) is 0 Å². The van der Waals surface area contributed by atoms with Gasteiger partial charge in [-0.1, -0.05) is 0 Å². The molecule has 0 aromatic heterocycles. The lowest BCUT2D eigenvalue weighted by Crippen LogP contribution is -2.54. The van der Waals surface area contributed by atoms with Crippen molar-refractivity contribution in [2.45, 2.75) is 58.2 Å². The molecule has 1 unspecified atom stereocenters. The summed E-state index contributed by atoms with van der Waals surface area (Å²) < 4.78 is 0. The molecule has 1 fully saturated rings. The Morgan fingerprint density at radius 3 is 2.69 bits per heavy atom. The van der Waals surface area contributed by atoms with Crippen LogP contribution in [0.15, 0.2) is 0 Å². The summed E-state index contributed by atoms with van der Waals surface area (Å²) in [5.74, 6) is 0.117. The Hall–Kier alpha value is -0.610. The van der Waals surface area contributed by atoms with Crippen LogP contribution >= 0.6 is 0 Å². The zero-order chi connectivity index (χ0) is 12.3. The third-order valence-electron chi connectivity index (χ3n) is 3.25. The third-order valence-corrected chi connectivity index (χ3v) is 3.25. The van der Waals surface area contributed by atoms with Crippen LogP contribution in [0.2, 0.25) is 0 Å². The molecule has 0 aromatic carbocycles. The molecule has 1 heterocycles. The fourth-order valence-electron chi connectivity index (χ4n) is 2.53. The van der Waals surface area contributed by atoms with Crippen LogP contribution < -0.4 is 5.32 Å². The second-order valence-corrected chi connectivity index (χ2v) is 5.38. The van der Waals surface area contributed by atoms with Crippen molar-refractivity contribution in [2.24, 2.45) is 0 Å². The zero-order valence-corrected chi connectivity index (χ0v) is 10.8. The quantitative estimate of drug-likeness (QED) is 0.749. The van der Waals surface area contributed by atoms with E-state index in [0.717, 1.165) is 13.0 Å². The molecule has 0 spiro atoms. The lowest BCUT2D eigenvalue weighted by molar-refractivity contribution is -0.140. The van der Waals surface area contributed by atoms with Gasteiger partial charge in [-0.15, -0.1) is 0 Å². The SMILES string of the molecule is CC(C)N1C(=O)C(CCO)NCCC1(C)C. The summed E-state index contributed by atoms with van der Waals surface area (Å²) in [4.78, 5) is 14.3. The maximum Gasteiger partial charge on any atom is 0.240 e. The van der Waals surface area contributed by atoms with Crippen molar-refractivity contribution >= 4 is 5.91 Å². The van der Waals surface area contributed by atoms with Gasteiger partial charge in [0.25, 0.3) is 0 Å². The van der Waals surface area contributed by atoms with E-state index >= 15 is 0 Å². The largest absolute Gasteiger partial charge is 0.396 e. The normalized spacial score (nSPS) is 26.0. The van der Waals surface area contributed by atoms with Gasteiger partial charge in [0.15, 0.2) is 0 Å². The van der Waals surface area contributed by atoms with Gasteiger partial charge in [0, 0.05) is 18.2 Å². The Bertz CT molecular complexity index is 251. The van der Waals surface area contributed by atoms with Crippen LogP contribution in [0.5, 0.6) is 0 Å². The van der Waals surface area contributed by atoms with Crippen molar-refractivity contribution in [2.75, 3.05) is 13.2 Å². The average Bonchev–Trinajstić information content (AvgIpc) is 2.24. The van der Waals surface area contributed by atoms with E-state index in [9.17, 15) is 4.79 Å². The van der Waals surface area contributed by atoms with Crippen molar-refractivity contribution in [1.29, 1.82) is 0 Å². The first kappa shape index (κ1) is 13.5. The lowest BCUT2D eigenvalue weighted by Gasteiger charge is -2.41. The van der Waals surface area contributed by atoms with E-state index in [1.54, 1.807) is 0 Å². The number of aliphatic hydroxyl groups is 1. The number of amides is 1. The molecule has 4 heteroatoms. The van der Waals surface area contributed by atoms with Gasteiger partial charge in [0.2, 0.25) is 5.91 Å². The molecule has 16 heavy (non-hydrogen) atoms. The van der Waals surface area contributed by atoms with Crippen LogP contribution in [0, 0.1) is 0 Å². The minimum absolute atomic E-state index is 0.0514. The van der Waals surface area contributed by atoms with Crippen molar-refractivity contribution in [3.05, 3.63) is 0 Å². The molecular formula is C12H24N2O2. The predicted molar refractivity (Wildman–Crippen MR) is 64.2 cm³/mol. The first-order valence-corrected chi connectivity index (χ1v) is 6.07. The number of hydrogen-bond donors (Lipinski definition) is 2. The standard InChI is InChI=1S/C12H24N2O2/c1-9(2)14-11(16)10(5-8-15)13-7-6-12(14,3)4/h9-10,13,15H,5-8H2,1-4H3. The molecule has 0 aliphatic carbocycles. The highest BCUT2D eigenvalue weighted by Gasteiger charge is 2.38. The molecule has 0 saturated carbocycles. The number of hydrogen-bond acceptors (Lipinski definition) is 3. The second-order valence-electron chi connectivity index (χ2n) is 5.38. The van der Waals surface area contributed by atoms with E-state index in [2.05, 4.69) is 19.2 Å². The van der Waals surface area contributed by atoms with E-state index in [4.69, 9.17) is 5.11 Å². The Balaban J connectivity index is 2.91. The minimum Gasteiger partial charge on any atom is -0.396 e. The van der Waals surface area contributed by atoms with Gasteiger partial charge in [-0.2, -0.15) is 0 Å². The van der Waals surface area contributed by atoms with E-state index in [1.807, 2.05) is 18.7 Å². The van der Waals surface area contributed by atoms with Crippen LogP contribution in [-0.4, -0.2) is 46.7 Å². The van der Waals surface area contributed by atoms with Gasteiger partial charge in [0.05, 0.1) is 6.04 Å². The molecular weight excluding hydrogens is 204 g/mol. The minimum atomic E-state index is -0.228. The van der Waals surface area contributed by atoms with Gasteiger partial charge in [-0.25, -0.2) is 0 Å². The molecule has 0 bridgehead atoms. The highest BCUT2D eigenvalue weighted by atomic mass is 16.3. The van der Waals surface area contributed by atoms with Gasteiger partial charge >= 0.3 is 0 Å². The third kappa shape index (κ3) is 2.74. The Kier molecular flexibility index (Phi) is 4.33. The number of nitrogens with one attached hydrogen (secondary N) is 1. The van der Waals surface area contributed by atoms with E-state index in [0.29, 0.717) is 6.42 Å². The van der Waals surface area contributed by atoms with Crippen LogP contribution in [0.1, 0.15) is 40.5 Å². The number of aliphatic hydroxyl groups excluding tert-OH is 1. The van der Waals surface area contributed by atoms with E-state index in [-0.39, 0.29) is 30.1 Å². The van der Waals surface area contributed by atoms with Crippen LogP contribution in [0.4, 0.5) is 0 Å².